The van der Waals surface area contributed by atoms with Crippen molar-refractivity contribution in [1.29, 1.82) is 0 Å². The minimum absolute atomic E-state index is 0.0914. The van der Waals surface area contributed by atoms with Gasteiger partial charge in [-0.05, 0) is 19.8 Å². The number of hydrogen-bond acceptors (Lipinski definition) is 3. The second-order valence-corrected chi connectivity index (χ2v) is 3.21. The van der Waals surface area contributed by atoms with Gasteiger partial charge in [0, 0.05) is 13.7 Å². The number of methoxy groups -OCH3 is 1. The van der Waals surface area contributed by atoms with E-state index in [4.69, 9.17) is 10.6 Å². The molecule has 0 aliphatic heterocycles. The summed E-state index contributed by atoms with van der Waals surface area (Å²) >= 11 is 0. The van der Waals surface area contributed by atoms with Crippen LogP contribution in [0.5, 0.6) is 0 Å². The van der Waals surface area contributed by atoms with Crippen LogP contribution >= 0.6 is 0 Å². The number of rotatable bonds is 3. The van der Waals surface area contributed by atoms with Crippen LogP contribution in [0.4, 0.5) is 0 Å². The maximum absolute atomic E-state index is 4.97. The predicted octanol–water partition coefficient (Wildman–Crippen LogP) is 3.22. The monoisotopic (exact) mass is 229 g/mol. The Hall–Kier alpha value is -0.640. The molecule has 0 radical (unpaired) electrons. The van der Waals surface area contributed by atoms with Crippen molar-refractivity contribution in [3.63, 3.8) is 0 Å². The summed E-state index contributed by atoms with van der Waals surface area (Å²) in [5, 5.41) is 0. The lowest BCUT2D eigenvalue weighted by atomic mass is 10.1. The smallest absolute Gasteiger partial charge is 0.101 e. The van der Waals surface area contributed by atoms with Crippen molar-refractivity contribution in [2.24, 2.45) is 5.90 Å². The quantitative estimate of drug-likeness (QED) is 0.756. The molecule has 3 nitrogen and oxygen atoms in total. The van der Waals surface area contributed by atoms with Gasteiger partial charge < -0.3 is 4.74 Å². The highest BCUT2D eigenvalue weighted by molar-refractivity contribution is 5.21. The highest BCUT2D eigenvalue weighted by Crippen LogP contribution is 2.10. The lowest BCUT2D eigenvalue weighted by Gasteiger charge is -2.10. The molecule has 1 rings (SSSR count). The fourth-order valence-corrected chi connectivity index (χ4v) is 1.01. The summed E-state index contributed by atoms with van der Waals surface area (Å²) in [4.78, 5) is 4.61. The molecule has 16 heavy (non-hydrogen) atoms. The molecule has 0 fully saturated rings. The van der Waals surface area contributed by atoms with E-state index in [9.17, 15) is 0 Å². The van der Waals surface area contributed by atoms with E-state index in [2.05, 4.69) is 24.8 Å². The topological polar surface area (TPSA) is 44.5 Å². The minimum atomic E-state index is 0.0914. The molecule has 1 atom stereocenters. The van der Waals surface area contributed by atoms with Crippen LogP contribution in [0.1, 0.15) is 40.5 Å². The van der Waals surface area contributed by atoms with Gasteiger partial charge in [-0.3, -0.25) is 4.84 Å². The average molecular weight is 229 g/mol. The maximum atomic E-state index is 4.97. The van der Waals surface area contributed by atoms with E-state index in [1.165, 1.54) is 5.57 Å². The van der Waals surface area contributed by atoms with Gasteiger partial charge in [0.1, 0.15) is 6.10 Å². The van der Waals surface area contributed by atoms with E-state index in [1.807, 2.05) is 26.0 Å². The zero-order valence-corrected chi connectivity index (χ0v) is 11.3. The van der Waals surface area contributed by atoms with E-state index >= 15 is 0 Å². The molecule has 1 aliphatic carbocycles. The zero-order valence-electron chi connectivity index (χ0n) is 11.3. The van der Waals surface area contributed by atoms with Gasteiger partial charge in [-0.25, -0.2) is 5.90 Å². The van der Waals surface area contributed by atoms with Crippen LogP contribution in [0.15, 0.2) is 23.8 Å². The Morgan fingerprint density at radius 2 is 2.06 bits per heavy atom. The van der Waals surface area contributed by atoms with Crippen LogP contribution in [0, 0.1) is 0 Å². The molecule has 0 spiro atoms. The summed E-state index contributed by atoms with van der Waals surface area (Å²) in [5.41, 5.74) is 1.28. The van der Waals surface area contributed by atoms with Crippen molar-refractivity contribution in [1.82, 2.24) is 0 Å². The maximum Gasteiger partial charge on any atom is 0.101 e. The Labute approximate surface area is 100 Å². The molecular weight excluding hydrogens is 202 g/mol. The van der Waals surface area contributed by atoms with Gasteiger partial charge >= 0.3 is 0 Å². The molecule has 1 unspecified atom stereocenters. The number of nitrogens with two attached hydrogens (primary N) is 1. The lowest BCUT2D eigenvalue weighted by molar-refractivity contribution is 0.0877. The predicted molar refractivity (Wildman–Crippen MR) is 70.1 cm³/mol. The largest absolute Gasteiger partial charge is 0.385 e. The third-order valence-corrected chi connectivity index (χ3v) is 1.83. The van der Waals surface area contributed by atoms with Crippen LogP contribution in [0.2, 0.25) is 0 Å². The minimum Gasteiger partial charge on any atom is -0.385 e. The molecule has 0 bridgehead atoms. The van der Waals surface area contributed by atoms with Crippen molar-refractivity contribution in [2.45, 2.75) is 46.6 Å². The Kier molecular flexibility index (Phi) is 15.9. The fraction of sp³-hybridized carbons (Fsp3) is 0.692. The molecule has 1 aliphatic rings. The average Bonchev–Trinajstić information content (AvgIpc) is 2.34. The van der Waals surface area contributed by atoms with E-state index in [0.29, 0.717) is 0 Å². The van der Waals surface area contributed by atoms with Gasteiger partial charge in [0.15, 0.2) is 0 Å². The third kappa shape index (κ3) is 11.4. The summed E-state index contributed by atoms with van der Waals surface area (Å²) in [6.07, 6.45) is 8.21. The van der Waals surface area contributed by atoms with Crippen molar-refractivity contribution in [2.75, 3.05) is 13.7 Å². The van der Waals surface area contributed by atoms with Crippen LogP contribution in [0.25, 0.3) is 0 Å². The van der Waals surface area contributed by atoms with Crippen LogP contribution < -0.4 is 5.90 Å². The van der Waals surface area contributed by atoms with E-state index in [0.717, 1.165) is 19.4 Å². The van der Waals surface area contributed by atoms with E-state index in [-0.39, 0.29) is 6.10 Å². The Morgan fingerprint density at radius 3 is 2.31 bits per heavy atom. The summed E-state index contributed by atoms with van der Waals surface area (Å²) in [5.74, 6) is 4.97. The SMILES string of the molecule is CC.CC1=CCC(ON)C=C1.CCCOC. The van der Waals surface area contributed by atoms with Crippen LogP contribution in [-0.2, 0) is 9.57 Å². The van der Waals surface area contributed by atoms with Gasteiger partial charge in [-0.15, -0.1) is 0 Å². The van der Waals surface area contributed by atoms with Crippen molar-refractivity contribution >= 4 is 0 Å². The van der Waals surface area contributed by atoms with Gasteiger partial charge in [-0.2, -0.15) is 0 Å². The van der Waals surface area contributed by atoms with Gasteiger partial charge in [0.05, 0.1) is 0 Å². The Morgan fingerprint density at radius 1 is 1.44 bits per heavy atom. The molecule has 0 saturated carbocycles. The Balaban J connectivity index is 0. The molecule has 0 aromatic carbocycles. The molecule has 3 heteroatoms. The van der Waals surface area contributed by atoms with Crippen LogP contribution in [-0.4, -0.2) is 19.8 Å². The van der Waals surface area contributed by atoms with E-state index < -0.39 is 0 Å². The number of ether oxygens (including phenoxy) is 1. The van der Waals surface area contributed by atoms with Crippen molar-refractivity contribution < 1.29 is 9.57 Å². The van der Waals surface area contributed by atoms with Gasteiger partial charge in [0.2, 0.25) is 0 Å². The van der Waals surface area contributed by atoms with E-state index in [1.54, 1.807) is 7.11 Å². The molecular formula is C13H27NO2. The molecule has 0 amide bonds. The molecule has 0 heterocycles. The normalized spacial score (nSPS) is 17.6. The summed E-state index contributed by atoms with van der Waals surface area (Å²) in [6.45, 7) is 9.03. The first-order chi connectivity index (χ1) is 7.74. The summed E-state index contributed by atoms with van der Waals surface area (Å²) in [6, 6.07) is 0. The van der Waals surface area contributed by atoms with Crippen molar-refractivity contribution in [3.8, 4) is 0 Å². The standard InChI is InChI=1S/C7H11NO.C4H10O.C2H6/c1-6-2-4-7(9-8)5-3-6;1-3-4-5-2;1-2/h2-4,7H,5,8H2,1H3;3-4H2,1-2H3;1-2H3. The molecule has 96 valence electrons. The second-order valence-electron chi connectivity index (χ2n) is 3.21. The third-order valence-electron chi connectivity index (χ3n) is 1.83. The number of hydrogen-bond donors (Lipinski definition) is 1. The summed E-state index contributed by atoms with van der Waals surface area (Å²) < 4.78 is 4.69. The fourth-order valence-electron chi connectivity index (χ4n) is 1.01. The number of allylic oxidation sites excluding steroid dienone is 2. The first-order valence-corrected chi connectivity index (χ1v) is 5.94. The second kappa shape index (κ2) is 14.4. The molecule has 0 saturated heterocycles. The van der Waals surface area contributed by atoms with Gasteiger partial charge in [0.25, 0.3) is 0 Å². The van der Waals surface area contributed by atoms with Crippen molar-refractivity contribution in [3.05, 3.63) is 23.8 Å². The molecule has 0 aromatic heterocycles. The highest BCUT2D eigenvalue weighted by Gasteiger charge is 2.03. The molecule has 0 aromatic rings. The van der Waals surface area contributed by atoms with Crippen LogP contribution in [0.3, 0.4) is 0 Å². The summed E-state index contributed by atoms with van der Waals surface area (Å²) in [7, 11) is 1.71. The molecule has 2 N–H and O–H groups in total. The Bertz CT molecular complexity index is 186. The first kappa shape index (κ1) is 17.7. The highest BCUT2D eigenvalue weighted by atomic mass is 16.6. The lowest BCUT2D eigenvalue weighted by Crippen LogP contribution is -2.15. The van der Waals surface area contributed by atoms with Gasteiger partial charge in [-0.1, -0.05) is 44.6 Å². The zero-order chi connectivity index (χ0) is 12.8. The first-order valence-electron chi connectivity index (χ1n) is 5.94.